The molecule has 2 N–H and O–H groups in total. The standard InChI is InChI=1S/C19H23N3O3/c1-11(18-13(3)22-25-14(18)4)10-20-19(23)21-12(2)17-9-15-7-5-6-8-16(15)24-17/h5-9,11-12H,10H2,1-4H3,(H2,20,21,23)/t11-,12-/m0/s1. The second-order valence-corrected chi connectivity index (χ2v) is 6.40. The third kappa shape index (κ3) is 3.68. The summed E-state index contributed by atoms with van der Waals surface area (Å²) in [6.07, 6.45) is 0. The maximum atomic E-state index is 12.2. The summed E-state index contributed by atoms with van der Waals surface area (Å²) in [4.78, 5) is 12.2. The lowest BCUT2D eigenvalue weighted by molar-refractivity contribution is 0.236. The minimum absolute atomic E-state index is 0.124. The number of nitrogens with zero attached hydrogens (tertiary/aromatic N) is 1. The molecule has 3 aromatic rings. The van der Waals surface area contributed by atoms with Crippen LogP contribution in [0.15, 0.2) is 39.3 Å². The van der Waals surface area contributed by atoms with E-state index in [0.717, 1.165) is 33.7 Å². The molecule has 1 aromatic carbocycles. The molecule has 0 bridgehead atoms. The fraction of sp³-hybridized carbons (Fsp3) is 0.368. The van der Waals surface area contributed by atoms with Crippen molar-refractivity contribution in [2.75, 3.05) is 6.54 Å². The Morgan fingerprint density at radius 3 is 2.68 bits per heavy atom. The summed E-state index contributed by atoms with van der Waals surface area (Å²) in [5.41, 5.74) is 2.73. The zero-order chi connectivity index (χ0) is 18.0. The summed E-state index contributed by atoms with van der Waals surface area (Å²) in [7, 11) is 0. The van der Waals surface area contributed by atoms with E-state index in [2.05, 4.69) is 15.8 Å². The Morgan fingerprint density at radius 1 is 1.24 bits per heavy atom. The number of benzene rings is 1. The Balaban J connectivity index is 1.57. The van der Waals surface area contributed by atoms with E-state index in [1.807, 2.05) is 58.0 Å². The van der Waals surface area contributed by atoms with E-state index >= 15 is 0 Å². The van der Waals surface area contributed by atoms with Gasteiger partial charge in [0.1, 0.15) is 17.1 Å². The quantitative estimate of drug-likeness (QED) is 0.729. The Morgan fingerprint density at radius 2 is 2.00 bits per heavy atom. The van der Waals surface area contributed by atoms with Gasteiger partial charge < -0.3 is 19.6 Å². The first-order valence-electron chi connectivity index (χ1n) is 8.41. The van der Waals surface area contributed by atoms with Crippen LogP contribution < -0.4 is 10.6 Å². The Labute approximate surface area is 146 Å². The van der Waals surface area contributed by atoms with Gasteiger partial charge in [-0.25, -0.2) is 4.79 Å². The summed E-state index contributed by atoms with van der Waals surface area (Å²) in [5, 5.41) is 10.8. The predicted molar refractivity (Wildman–Crippen MR) is 95.6 cm³/mol. The first-order valence-corrected chi connectivity index (χ1v) is 8.41. The van der Waals surface area contributed by atoms with Crippen LogP contribution in [0.5, 0.6) is 0 Å². The summed E-state index contributed by atoms with van der Waals surface area (Å²) in [6.45, 7) is 8.23. The molecule has 2 atom stereocenters. The Kier molecular flexibility index (Phi) is 4.79. The lowest BCUT2D eigenvalue weighted by Gasteiger charge is -2.15. The van der Waals surface area contributed by atoms with Gasteiger partial charge in [0, 0.05) is 23.4 Å². The molecule has 2 amide bonds. The molecule has 6 heteroatoms. The Hall–Kier alpha value is -2.76. The van der Waals surface area contributed by atoms with Crippen molar-refractivity contribution in [3.05, 3.63) is 53.1 Å². The fourth-order valence-corrected chi connectivity index (χ4v) is 3.08. The van der Waals surface area contributed by atoms with Crippen LogP contribution >= 0.6 is 0 Å². The molecule has 0 aliphatic rings. The van der Waals surface area contributed by atoms with E-state index in [4.69, 9.17) is 8.94 Å². The number of aromatic nitrogens is 1. The third-order valence-corrected chi connectivity index (χ3v) is 4.37. The van der Waals surface area contributed by atoms with Crippen LogP contribution in [0, 0.1) is 13.8 Å². The first-order chi connectivity index (χ1) is 12.0. The third-order valence-electron chi connectivity index (χ3n) is 4.37. The topological polar surface area (TPSA) is 80.3 Å². The van der Waals surface area contributed by atoms with Gasteiger partial charge in [0.15, 0.2) is 0 Å². The largest absolute Gasteiger partial charge is 0.459 e. The number of nitrogens with one attached hydrogen (secondary N) is 2. The molecule has 0 saturated carbocycles. The molecule has 0 unspecified atom stereocenters. The number of carbonyl (C=O) groups is 1. The molecule has 0 spiro atoms. The van der Waals surface area contributed by atoms with Crippen molar-refractivity contribution < 1.29 is 13.7 Å². The highest BCUT2D eigenvalue weighted by Gasteiger charge is 2.18. The molecule has 6 nitrogen and oxygen atoms in total. The molecular formula is C19H23N3O3. The van der Waals surface area contributed by atoms with Gasteiger partial charge in [-0.15, -0.1) is 0 Å². The van der Waals surface area contributed by atoms with Crippen molar-refractivity contribution in [1.29, 1.82) is 0 Å². The van der Waals surface area contributed by atoms with Crippen LogP contribution in [-0.2, 0) is 0 Å². The number of rotatable bonds is 5. The molecule has 0 aliphatic heterocycles. The minimum Gasteiger partial charge on any atom is -0.459 e. The van der Waals surface area contributed by atoms with E-state index in [9.17, 15) is 4.79 Å². The van der Waals surface area contributed by atoms with Gasteiger partial charge in [-0.1, -0.05) is 30.3 Å². The van der Waals surface area contributed by atoms with E-state index < -0.39 is 0 Å². The maximum absolute atomic E-state index is 12.2. The highest BCUT2D eigenvalue weighted by molar-refractivity contribution is 5.78. The van der Waals surface area contributed by atoms with Gasteiger partial charge in [-0.05, 0) is 32.9 Å². The highest BCUT2D eigenvalue weighted by Crippen LogP contribution is 2.24. The molecule has 0 saturated heterocycles. The van der Waals surface area contributed by atoms with Gasteiger partial charge in [0.05, 0.1) is 11.7 Å². The summed E-state index contributed by atoms with van der Waals surface area (Å²) < 4.78 is 11.0. The predicted octanol–water partition coefficient (Wildman–Crippen LogP) is 4.20. The molecule has 0 radical (unpaired) electrons. The smallest absolute Gasteiger partial charge is 0.315 e. The van der Waals surface area contributed by atoms with Crippen LogP contribution in [-0.4, -0.2) is 17.7 Å². The van der Waals surface area contributed by atoms with Crippen LogP contribution in [0.4, 0.5) is 4.79 Å². The van der Waals surface area contributed by atoms with Crippen LogP contribution in [0.2, 0.25) is 0 Å². The number of hydrogen-bond acceptors (Lipinski definition) is 4. The van der Waals surface area contributed by atoms with E-state index in [1.165, 1.54) is 0 Å². The summed E-state index contributed by atoms with van der Waals surface area (Å²) >= 11 is 0. The molecule has 132 valence electrons. The molecule has 0 aliphatic carbocycles. The summed E-state index contributed by atoms with van der Waals surface area (Å²) in [6, 6.07) is 9.29. The van der Waals surface area contributed by atoms with Crippen molar-refractivity contribution in [1.82, 2.24) is 15.8 Å². The molecular weight excluding hydrogens is 318 g/mol. The number of amides is 2. The number of para-hydroxylation sites is 1. The van der Waals surface area contributed by atoms with Gasteiger partial charge >= 0.3 is 6.03 Å². The monoisotopic (exact) mass is 341 g/mol. The zero-order valence-corrected chi connectivity index (χ0v) is 14.9. The number of furan rings is 1. The average Bonchev–Trinajstić information content (AvgIpc) is 3.16. The average molecular weight is 341 g/mol. The van der Waals surface area contributed by atoms with Crippen LogP contribution in [0.3, 0.4) is 0 Å². The zero-order valence-electron chi connectivity index (χ0n) is 14.9. The van der Waals surface area contributed by atoms with Gasteiger partial charge in [-0.2, -0.15) is 0 Å². The minimum atomic E-state index is -0.230. The number of urea groups is 1. The van der Waals surface area contributed by atoms with E-state index in [1.54, 1.807) is 0 Å². The van der Waals surface area contributed by atoms with Crippen molar-refractivity contribution in [2.45, 2.75) is 39.7 Å². The number of hydrogen-bond donors (Lipinski definition) is 2. The van der Waals surface area contributed by atoms with Crippen LogP contribution in [0.1, 0.15) is 48.6 Å². The van der Waals surface area contributed by atoms with E-state index in [0.29, 0.717) is 6.54 Å². The lowest BCUT2D eigenvalue weighted by atomic mass is 10.00. The van der Waals surface area contributed by atoms with Crippen LogP contribution in [0.25, 0.3) is 11.0 Å². The molecule has 0 fully saturated rings. The van der Waals surface area contributed by atoms with Crippen molar-refractivity contribution in [2.24, 2.45) is 0 Å². The summed E-state index contributed by atoms with van der Waals surface area (Å²) in [5.74, 6) is 1.65. The molecule has 3 rings (SSSR count). The van der Waals surface area contributed by atoms with Crippen molar-refractivity contribution in [3.8, 4) is 0 Å². The van der Waals surface area contributed by atoms with Gasteiger partial charge in [0.25, 0.3) is 0 Å². The maximum Gasteiger partial charge on any atom is 0.315 e. The highest BCUT2D eigenvalue weighted by atomic mass is 16.5. The number of aryl methyl sites for hydroxylation is 2. The molecule has 25 heavy (non-hydrogen) atoms. The Bertz CT molecular complexity index is 829. The number of fused-ring (bicyclic) bond motifs is 1. The second kappa shape index (κ2) is 7.01. The first kappa shape index (κ1) is 17.1. The normalized spacial score (nSPS) is 13.6. The van der Waals surface area contributed by atoms with Gasteiger partial charge in [0.2, 0.25) is 0 Å². The van der Waals surface area contributed by atoms with Crippen molar-refractivity contribution in [3.63, 3.8) is 0 Å². The fourth-order valence-electron chi connectivity index (χ4n) is 3.08. The van der Waals surface area contributed by atoms with Crippen molar-refractivity contribution >= 4 is 17.0 Å². The second-order valence-electron chi connectivity index (χ2n) is 6.40. The number of carbonyl (C=O) groups excluding carboxylic acids is 1. The molecule has 2 heterocycles. The van der Waals surface area contributed by atoms with E-state index in [-0.39, 0.29) is 18.0 Å². The van der Waals surface area contributed by atoms with Gasteiger partial charge in [-0.3, -0.25) is 0 Å². The SMILES string of the molecule is Cc1noc(C)c1[C@@H](C)CNC(=O)N[C@@H](C)c1cc2ccccc2o1. The molecule has 2 aromatic heterocycles. The lowest BCUT2D eigenvalue weighted by Crippen LogP contribution is -2.38.